The maximum atomic E-state index is 10.8. The minimum absolute atomic E-state index is 0.144. The second-order valence-electron chi connectivity index (χ2n) is 3.22. The number of hydrogen-bond donors (Lipinski definition) is 2. The molecule has 0 saturated heterocycles. The molecule has 1 aromatic rings. The third kappa shape index (κ3) is 4.74. The summed E-state index contributed by atoms with van der Waals surface area (Å²) in [5.41, 5.74) is 0.257. The maximum absolute atomic E-state index is 10.8. The lowest BCUT2D eigenvalue weighted by atomic mass is 10.4. The summed E-state index contributed by atoms with van der Waals surface area (Å²) in [6.45, 7) is 0.379. The Labute approximate surface area is 98.3 Å². The van der Waals surface area contributed by atoms with Gasteiger partial charge in [0.25, 0.3) is 0 Å². The van der Waals surface area contributed by atoms with Gasteiger partial charge in [-0.25, -0.2) is 13.1 Å². The van der Waals surface area contributed by atoms with Crippen molar-refractivity contribution >= 4 is 21.5 Å². The third-order valence-electron chi connectivity index (χ3n) is 1.76. The first kappa shape index (κ1) is 13.3. The molecule has 1 aromatic heterocycles. The molecular weight excluding hydrogens is 248 g/mol. The Morgan fingerprint density at radius 1 is 1.47 bits per heavy atom. The molecule has 94 valence electrons. The van der Waals surface area contributed by atoms with Crippen molar-refractivity contribution in [3.8, 4) is 0 Å². The Morgan fingerprint density at radius 2 is 2.18 bits per heavy atom. The van der Waals surface area contributed by atoms with Crippen molar-refractivity contribution in [2.45, 2.75) is 0 Å². The fourth-order valence-electron chi connectivity index (χ4n) is 1.11. The van der Waals surface area contributed by atoms with Crippen LogP contribution in [0.2, 0.25) is 0 Å². The van der Waals surface area contributed by atoms with Crippen molar-refractivity contribution in [1.29, 1.82) is 0 Å². The quantitative estimate of drug-likeness (QED) is 0.421. The normalized spacial score (nSPS) is 11.1. The molecule has 0 aromatic carbocycles. The Kier molecular flexibility index (Phi) is 4.35. The van der Waals surface area contributed by atoms with Gasteiger partial charge in [-0.05, 0) is 22.0 Å². The van der Waals surface area contributed by atoms with E-state index in [2.05, 4.69) is 15.0 Å². The molecule has 8 nitrogen and oxygen atoms in total. The topological polar surface area (TPSA) is 114 Å². The number of rotatable bonds is 6. The zero-order valence-corrected chi connectivity index (χ0v) is 9.90. The first-order valence-corrected chi connectivity index (χ1v) is 6.57. The van der Waals surface area contributed by atoms with Crippen LogP contribution in [0.5, 0.6) is 0 Å². The van der Waals surface area contributed by atoms with Crippen LogP contribution < -0.4 is 10.0 Å². The molecule has 0 bridgehead atoms. The number of nitro groups is 1. The van der Waals surface area contributed by atoms with Crippen LogP contribution in [-0.4, -0.2) is 37.7 Å². The monoisotopic (exact) mass is 260 g/mol. The van der Waals surface area contributed by atoms with E-state index in [1.807, 2.05) is 0 Å². The second kappa shape index (κ2) is 5.55. The van der Waals surface area contributed by atoms with Crippen molar-refractivity contribution in [3.05, 3.63) is 28.4 Å². The average Bonchev–Trinajstić information content (AvgIpc) is 2.23. The third-order valence-corrected chi connectivity index (χ3v) is 2.49. The van der Waals surface area contributed by atoms with Crippen molar-refractivity contribution in [1.82, 2.24) is 9.71 Å². The molecule has 0 radical (unpaired) electrons. The van der Waals surface area contributed by atoms with Crippen molar-refractivity contribution in [2.24, 2.45) is 0 Å². The van der Waals surface area contributed by atoms with Crippen LogP contribution >= 0.6 is 0 Å². The maximum Gasteiger partial charge on any atom is 0.386 e. The Morgan fingerprint density at radius 3 is 2.76 bits per heavy atom. The van der Waals surface area contributed by atoms with Crippen LogP contribution in [0.1, 0.15) is 0 Å². The van der Waals surface area contributed by atoms with E-state index in [-0.39, 0.29) is 24.6 Å². The molecule has 0 aliphatic rings. The lowest BCUT2D eigenvalue weighted by Gasteiger charge is -2.06. The minimum Gasteiger partial charge on any atom is -0.377 e. The summed E-state index contributed by atoms with van der Waals surface area (Å²) in [4.78, 5) is 13.6. The average molecular weight is 260 g/mol. The van der Waals surface area contributed by atoms with Crippen molar-refractivity contribution < 1.29 is 13.3 Å². The highest BCUT2D eigenvalue weighted by atomic mass is 32.2. The Hall–Kier alpha value is -1.74. The van der Waals surface area contributed by atoms with E-state index in [1.165, 1.54) is 12.3 Å². The van der Waals surface area contributed by atoms with Gasteiger partial charge in [0.05, 0.1) is 6.26 Å². The first-order chi connectivity index (χ1) is 7.90. The summed E-state index contributed by atoms with van der Waals surface area (Å²) in [7, 11) is -3.24. The van der Waals surface area contributed by atoms with Gasteiger partial charge in [0.2, 0.25) is 10.0 Å². The lowest BCUT2D eigenvalue weighted by Crippen LogP contribution is -2.27. The molecule has 0 atom stereocenters. The molecule has 17 heavy (non-hydrogen) atoms. The van der Waals surface area contributed by atoms with Crippen LogP contribution in [0.4, 0.5) is 11.5 Å². The lowest BCUT2D eigenvalue weighted by molar-refractivity contribution is -0.388. The second-order valence-corrected chi connectivity index (χ2v) is 5.06. The summed E-state index contributed by atoms with van der Waals surface area (Å²) in [6.07, 6.45) is 2.36. The van der Waals surface area contributed by atoms with Crippen molar-refractivity contribution in [2.75, 3.05) is 24.7 Å². The summed E-state index contributed by atoms with van der Waals surface area (Å²) < 4.78 is 23.8. The zero-order valence-electron chi connectivity index (χ0n) is 9.08. The molecule has 0 spiro atoms. The van der Waals surface area contributed by atoms with Gasteiger partial charge in [-0.1, -0.05) is 0 Å². The van der Waals surface area contributed by atoms with E-state index in [0.717, 1.165) is 6.26 Å². The predicted molar refractivity (Wildman–Crippen MR) is 62.2 cm³/mol. The van der Waals surface area contributed by atoms with E-state index >= 15 is 0 Å². The van der Waals surface area contributed by atoms with E-state index in [0.29, 0.717) is 0 Å². The number of nitrogens with zero attached hydrogens (tertiary/aromatic N) is 2. The van der Waals surface area contributed by atoms with Crippen LogP contribution in [0, 0.1) is 10.1 Å². The molecule has 2 N–H and O–H groups in total. The number of sulfonamides is 1. The highest BCUT2D eigenvalue weighted by molar-refractivity contribution is 7.88. The van der Waals surface area contributed by atoms with Gasteiger partial charge < -0.3 is 15.4 Å². The number of nitrogens with one attached hydrogen (secondary N) is 2. The highest BCUT2D eigenvalue weighted by Crippen LogP contribution is 2.19. The van der Waals surface area contributed by atoms with Gasteiger partial charge in [-0.15, -0.1) is 0 Å². The highest BCUT2D eigenvalue weighted by Gasteiger charge is 2.13. The zero-order chi connectivity index (χ0) is 12.9. The molecule has 0 aliphatic carbocycles. The van der Waals surface area contributed by atoms with Crippen molar-refractivity contribution in [3.63, 3.8) is 0 Å². The smallest absolute Gasteiger partial charge is 0.377 e. The Bertz CT molecular complexity index is 502. The molecule has 9 heteroatoms. The largest absolute Gasteiger partial charge is 0.386 e. The number of hydrogen-bond acceptors (Lipinski definition) is 6. The summed E-state index contributed by atoms with van der Waals surface area (Å²) >= 11 is 0. The molecule has 0 unspecified atom stereocenters. The summed E-state index contributed by atoms with van der Waals surface area (Å²) in [6, 6.07) is 3.06. The standard InChI is InChI=1S/C8H12N4O4S/c1-17(15,16)11-6-5-9-7-3-2-4-10-8(7)12(13)14/h2-4,9,11H,5-6H2,1H3. The molecule has 0 amide bonds. The van der Waals surface area contributed by atoms with Gasteiger partial charge in [0, 0.05) is 13.1 Å². The van der Waals surface area contributed by atoms with E-state index in [4.69, 9.17) is 0 Å². The molecule has 0 aliphatic heterocycles. The molecular formula is C8H12N4O4S. The van der Waals surface area contributed by atoms with E-state index in [9.17, 15) is 18.5 Å². The van der Waals surface area contributed by atoms with Gasteiger partial charge in [-0.3, -0.25) is 0 Å². The molecule has 1 heterocycles. The minimum atomic E-state index is -3.24. The number of anilines is 1. The van der Waals surface area contributed by atoms with Gasteiger partial charge >= 0.3 is 5.82 Å². The number of pyridine rings is 1. The first-order valence-electron chi connectivity index (χ1n) is 4.68. The van der Waals surface area contributed by atoms with Crippen LogP contribution in [0.3, 0.4) is 0 Å². The molecule has 1 rings (SSSR count). The molecule has 0 saturated carbocycles. The van der Waals surface area contributed by atoms with Gasteiger partial charge in [-0.2, -0.15) is 0 Å². The van der Waals surface area contributed by atoms with Crippen LogP contribution in [0.25, 0.3) is 0 Å². The van der Waals surface area contributed by atoms with Crippen LogP contribution in [0.15, 0.2) is 18.3 Å². The Balaban J connectivity index is 2.55. The van der Waals surface area contributed by atoms with Crippen LogP contribution in [-0.2, 0) is 10.0 Å². The van der Waals surface area contributed by atoms with Gasteiger partial charge in [0.15, 0.2) is 0 Å². The van der Waals surface area contributed by atoms with Gasteiger partial charge in [0.1, 0.15) is 11.9 Å². The summed E-state index contributed by atoms with van der Waals surface area (Å²) in [5.74, 6) is -0.285. The number of aromatic nitrogens is 1. The summed E-state index contributed by atoms with van der Waals surface area (Å²) in [5, 5.41) is 13.3. The predicted octanol–water partition coefficient (Wildman–Crippen LogP) is -0.0491. The van der Waals surface area contributed by atoms with E-state index in [1.54, 1.807) is 6.07 Å². The fourth-order valence-corrected chi connectivity index (χ4v) is 1.59. The fraction of sp³-hybridized carbons (Fsp3) is 0.375. The SMILES string of the molecule is CS(=O)(=O)NCCNc1cccnc1[N+](=O)[O-]. The van der Waals surface area contributed by atoms with E-state index < -0.39 is 14.9 Å². The molecule has 0 fully saturated rings.